The first kappa shape index (κ1) is 25.3. The summed E-state index contributed by atoms with van der Waals surface area (Å²) in [5, 5.41) is 13.7. The Morgan fingerprint density at radius 3 is 2.77 bits per heavy atom. The molecule has 1 unspecified atom stereocenters. The van der Waals surface area contributed by atoms with E-state index in [0.717, 1.165) is 49.3 Å². The van der Waals surface area contributed by atoms with Gasteiger partial charge in [0.2, 0.25) is 5.91 Å². The number of hydrazone groups is 1. The highest BCUT2D eigenvalue weighted by molar-refractivity contribution is 6.21. The third-order valence-electron chi connectivity index (χ3n) is 5.75. The zero-order chi connectivity index (χ0) is 22.6. The number of hydrogen-bond donors (Lipinski definition) is 3. The molecule has 1 aromatic rings. The van der Waals surface area contributed by atoms with Crippen LogP contribution in [0.5, 0.6) is 0 Å². The average Bonchev–Trinajstić information content (AvgIpc) is 2.76. The van der Waals surface area contributed by atoms with E-state index >= 15 is 0 Å². The molecule has 0 bridgehead atoms. The van der Waals surface area contributed by atoms with Gasteiger partial charge in [0.1, 0.15) is 0 Å². The molecule has 1 aliphatic rings. The number of nitrogens with zero attached hydrogens (tertiary/aromatic N) is 3. The molecule has 0 aromatic heterocycles. The van der Waals surface area contributed by atoms with Crippen molar-refractivity contribution in [3.63, 3.8) is 0 Å². The van der Waals surface area contributed by atoms with Crippen molar-refractivity contribution in [2.75, 3.05) is 44.7 Å². The summed E-state index contributed by atoms with van der Waals surface area (Å²) in [6, 6.07) is 6.44. The number of aliphatic hydroxyl groups excluding tert-OH is 1. The summed E-state index contributed by atoms with van der Waals surface area (Å²) in [5.41, 5.74) is 12.8. The SMILES string of the molecule is CCCCN(C)CCCc1ccc2c(c1)/C(=N/NC(C)CCO)CC(=O)N2CCCN. The lowest BCUT2D eigenvalue weighted by atomic mass is 9.95. The van der Waals surface area contributed by atoms with Gasteiger partial charge in [0.05, 0.1) is 17.8 Å². The number of anilines is 1. The van der Waals surface area contributed by atoms with Gasteiger partial charge in [-0.05, 0) is 83.4 Å². The van der Waals surface area contributed by atoms with Gasteiger partial charge in [-0.25, -0.2) is 0 Å². The Labute approximate surface area is 187 Å². The highest BCUT2D eigenvalue weighted by Gasteiger charge is 2.28. The van der Waals surface area contributed by atoms with E-state index in [0.29, 0.717) is 19.5 Å². The van der Waals surface area contributed by atoms with Crippen LogP contribution in [-0.4, -0.2) is 67.5 Å². The van der Waals surface area contributed by atoms with Crippen molar-refractivity contribution in [2.24, 2.45) is 10.8 Å². The molecule has 7 nitrogen and oxygen atoms in total. The Kier molecular flexibility index (Phi) is 11.0. The van der Waals surface area contributed by atoms with E-state index in [4.69, 9.17) is 10.8 Å². The van der Waals surface area contributed by atoms with Crippen LogP contribution >= 0.6 is 0 Å². The highest BCUT2D eigenvalue weighted by atomic mass is 16.3. The van der Waals surface area contributed by atoms with Crippen LogP contribution in [0.25, 0.3) is 0 Å². The number of nitrogens with one attached hydrogen (secondary N) is 1. The minimum absolute atomic E-state index is 0.0492. The maximum Gasteiger partial charge on any atom is 0.233 e. The van der Waals surface area contributed by atoms with E-state index < -0.39 is 0 Å². The molecule has 0 saturated heterocycles. The van der Waals surface area contributed by atoms with Crippen LogP contribution in [0, 0.1) is 0 Å². The average molecular weight is 432 g/mol. The van der Waals surface area contributed by atoms with Gasteiger partial charge < -0.3 is 26.1 Å². The number of carbonyl (C=O) groups is 1. The van der Waals surface area contributed by atoms with Crippen molar-refractivity contribution >= 4 is 17.3 Å². The van der Waals surface area contributed by atoms with Crippen LogP contribution in [-0.2, 0) is 11.2 Å². The highest BCUT2D eigenvalue weighted by Crippen LogP contribution is 2.30. The summed E-state index contributed by atoms with van der Waals surface area (Å²) in [6.45, 7) is 7.73. The third-order valence-corrected chi connectivity index (χ3v) is 5.75. The van der Waals surface area contributed by atoms with Gasteiger partial charge in [-0.15, -0.1) is 0 Å². The van der Waals surface area contributed by atoms with E-state index in [1.807, 2.05) is 11.8 Å². The fourth-order valence-corrected chi connectivity index (χ4v) is 3.81. The Bertz CT molecular complexity index is 722. The zero-order valence-electron chi connectivity index (χ0n) is 19.6. The Balaban J connectivity index is 2.18. The molecule has 0 radical (unpaired) electrons. The number of benzene rings is 1. The second-order valence-corrected chi connectivity index (χ2v) is 8.58. The summed E-state index contributed by atoms with van der Waals surface area (Å²) in [4.78, 5) is 17.0. The molecule has 1 aromatic carbocycles. The largest absolute Gasteiger partial charge is 0.396 e. The lowest BCUT2D eigenvalue weighted by Gasteiger charge is -2.31. The van der Waals surface area contributed by atoms with Crippen LogP contribution in [0.15, 0.2) is 23.3 Å². The number of amides is 1. The van der Waals surface area contributed by atoms with Crippen molar-refractivity contribution in [3.05, 3.63) is 29.3 Å². The van der Waals surface area contributed by atoms with Gasteiger partial charge in [0.25, 0.3) is 0 Å². The molecular formula is C24H41N5O2. The van der Waals surface area contributed by atoms with Crippen molar-refractivity contribution in [3.8, 4) is 0 Å². The van der Waals surface area contributed by atoms with Gasteiger partial charge in [-0.3, -0.25) is 4.79 Å². The van der Waals surface area contributed by atoms with Crippen LogP contribution < -0.4 is 16.1 Å². The number of rotatable bonds is 14. The molecule has 7 heteroatoms. The van der Waals surface area contributed by atoms with Crippen LogP contribution in [0.3, 0.4) is 0 Å². The van der Waals surface area contributed by atoms with E-state index in [9.17, 15) is 4.79 Å². The van der Waals surface area contributed by atoms with E-state index in [1.165, 1.54) is 18.4 Å². The van der Waals surface area contributed by atoms with Crippen molar-refractivity contribution < 1.29 is 9.90 Å². The van der Waals surface area contributed by atoms with E-state index in [-0.39, 0.29) is 25.0 Å². The Morgan fingerprint density at radius 1 is 1.29 bits per heavy atom. The molecule has 2 rings (SSSR count). The molecule has 1 heterocycles. The number of aliphatic hydroxyl groups is 1. The summed E-state index contributed by atoms with van der Waals surface area (Å²) in [6.07, 6.45) is 6.24. The number of nitrogens with two attached hydrogens (primary N) is 1. The molecule has 1 aliphatic heterocycles. The molecule has 0 saturated carbocycles. The summed E-state index contributed by atoms with van der Waals surface area (Å²) < 4.78 is 0. The summed E-state index contributed by atoms with van der Waals surface area (Å²) in [7, 11) is 2.19. The minimum atomic E-state index is 0.0492. The molecule has 174 valence electrons. The maximum atomic E-state index is 12.8. The number of hydrogen-bond acceptors (Lipinski definition) is 6. The van der Waals surface area contributed by atoms with Crippen molar-refractivity contribution in [1.82, 2.24) is 10.3 Å². The number of fused-ring (bicyclic) bond motifs is 1. The normalized spacial score (nSPS) is 16.1. The van der Waals surface area contributed by atoms with Gasteiger partial charge >= 0.3 is 0 Å². The third kappa shape index (κ3) is 7.91. The van der Waals surface area contributed by atoms with Crippen molar-refractivity contribution in [2.45, 2.75) is 64.8 Å². The van der Waals surface area contributed by atoms with E-state index in [1.54, 1.807) is 0 Å². The molecule has 0 fully saturated rings. The topological polar surface area (TPSA) is 94.2 Å². The first-order chi connectivity index (χ1) is 15.0. The van der Waals surface area contributed by atoms with E-state index in [2.05, 4.69) is 47.6 Å². The fourth-order valence-electron chi connectivity index (χ4n) is 3.81. The molecule has 31 heavy (non-hydrogen) atoms. The van der Waals surface area contributed by atoms with Crippen LogP contribution in [0.1, 0.15) is 63.5 Å². The summed E-state index contributed by atoms with van der Waals surface area (Å²) in [5.74, 6) is 0.0570. The van der Waals surface area contributed by atoms with Crippen LogP contribution in [0.2, 0.25) is 0 Å². The van der Waals surface area contributed by atoms with Crippen molar-refractivity contribution in [1.29, 1.82) is 0 Å². The molecule has 0 spiro atoms. The standard InChI is InChI=1S/C24H41N5O2/c1-4-5-13-28(3)14-6-8-20-9-10-23-21(17-20)22(27-26-19(2)11-16-30)18-24(31)29(23)15-7-12-25/h9-10,17,19,26,30H,4-8,11-16,18,25H2,1-3H3/b27-22+. The second kappa shape index (κ2) is 13.5. The predicted octanol–water partition coefficient (Wildman–Crippen LogP) is 2.50. The van der Waals surface area contributed by atoms with Gasteiger partial charge in [0.15, 0.2) is 0 Å². The fraction of sp³-hybridized carbons (Fsp3) is 0.667. The smallest absolute Gasteiger partial charge is 0.233 e. The number of unbranched alkanes of at least 4 members (excludes halogenated alkanes) is 1. The van der Waals surface area contributed by atoms with Gasteiger partial charge in [-0.1, -0.05) is 19.4 Å². The monoisotopic (exact) mass is 431 g/mol. The lowest BCUT2D eigenvalue weighted by Crippen LogP contribution is -2.40. The van der Waals surface area contributed by atoms with Crippen LogP contribution in [0.4, 0.5) is 5.69 Å². The Morgan fingerprint density at radius 2 is 2.06 bits per heavy atom. The second-order valence-electron chi connectivity index (χ2n) is 8.58. The van der Waals surface area contributed by atoms with Gasteiger partial charge in [0, 0.05) is 24.8 Å². The first-order valence-electron chi connectivity index (χ1n) is 11.7. The zero-order valence-corrected chi connectivity index (χ0v) is 19.6. The maximum absolute atomic E-state index is 12.8. The number of carbonyl (C=O) groups excluding carboxylic acids is 1. The predicted molar refractivity (Wildman–Crippen MR) is 129 cm³/mol. The minimum Gasteiger partial charge on any atom is -0.396 e. The first-order valence-corrected chi connectivity index (χ1v) is 11.7. The molecular weight excluding hydrogens is 390 g/mol. The Hall–Kier alpha value is -1.96. The number of aryl methyl sites for hydroxylation is 1. The lowest BCUT2D eigenvalue weighted by molar-refractivity contribution is -0.117. The molecule has 1 amide bonds. The quantitative estimate of drug-likeness (QED) is 0.394. The van der Waals surface area contributed by atoms with Gasteiger partial charge in [-0.2, -0.15) is 5.10 Å². The molecule has 4 N–H and O–H groups in total. The summed E-state index contributed by atoms with van der Waals surface area (Å²) >= 11 is 0. The molecule has 1 atom stereocenters. The molecule has 0 aliphatic carbocycles.